The van der Waals surface area contributed by atoms with Gasteiger partial charge in [0.25, 0.3) is 0 Å². The molecule has 0 aromatic heterocycles. The third kappa shape index (κ3) is 8.58. The molecular weight excluding hydrogens is 687 g/mol. The van der Waals surface area contributed by atoms with E-state index in [0.29, 0.717) is 0 Å². The molecule has 0 nitrogen and oxygen atoms in total. The summed E-state index contributed by atoms with van der Waals surface area (Å²) in [5, 5.41) is 5.37. The Morgan fingerprint density at radius 2 is 0.868 bits per heavy atom. The van der Waals surface area contributed by atoms with Gasteiger partial charge in [-0.2, -0.15) is 12.1 Å². The summed E-state index contributed by atoms with van der Waals surface area (Å²) in [5.74, 6) is 0. The minimum absolute atomic E-state index is 0. The van der Waals surface area contributed by atoms with Crippen LogP contribution in [0.5, 0.6) is 0 Å². The number of halogens is 2. The van der Waals surface area contributed by atoms with Gasteiger partial charge in [-0.15, -0.1) is 69.1 Å². The molecule has 0 amide bonds. The molecule has 0 bridgehead atoms. The van der Waals surface area contributed by atoms with Gasteiger partial charge in [-0.05, 0) is 11.1 Å². The molecule has 0 unspecified atom stereocenters. The van der Waals surface area contributed by atoms with E-state index in [1.54, 1.807) is 23.3 Å². The summed E-state index contributed by atoms with van der Waals surface area (Å²) in [6.07, 6.45) is 0. The predicted molar refractivity (Wildman–Crippen MR) is 157 cm³/mol. The van der Waals surface area contributed by atoms with Gasteiger partial charge in [-0.1, -0.05) is 97.8 Å². The van der Waals surface area contributed by atoms with Crippen LogP contribution in [0.25, 0.3) is 43.8 Å². The Hall–Kier alpha value is -1.84. The summed E-state index contributed by atoms with van der Waals surface area (Å²) in [5.41, 5.74) is 8.11. The molecule has 6 rings (SSSR count). The molecular formula is C34H32Br2SiZr-2. The molecule has 0 atom stereocenters. The van der Waals surface area contributed by atoms with E-state index < -0.39 is 0 Å². The Morgan fingerprint density at radius 1 is 0.526 bits per heavy atom. The molecule has 0 fully saturated rings. The Balaban J connectivity index is 0.000000224. The molecule has 192 valence electrons. The molecule has 4 heteroatoms. The second-order valence-electron chi connectivity index (χ2n) is 9.41. The van der Waals surface area contributed by atoms with Crippen LogP contribution in [0.4, 0.5) is 0 Å². The predicted octanol–water partition coefficient (Wildman–Crippen LogP) is 3.86. The quantitative estimate of drug-likeness (QED) is 0.189. The Labute approximate surface area is 263 Å². The van der Waals surface area contributed by atoms with Crippen LogP contribution in [-0.2, 0) is 23.3 Å². The first-order valence-electron chi connectivity index (χ1n) is 12.4. The van der Waals surface area contributed by atoms with Crippen LogP contribution in [0.15, 0.2) is 121 Å². The van der Waals surface area contributed by atoms with Crippen molar-refractivity contribution in [3.63, 3.8) is 0 Å². The fourth-order valence-electron chi connectivity index (χ4n) is 4.51. The summed E-state index contributed by atoms with van der Waals surface area (Å²) in [4.78, 5) is 0. The van der Waals surface area contributed by atoms with Crippen LogP contribution in [0.3, 0.4) is 0 Å². The van der Waals surface area contributed by atoms with E-state index in [9.17, 15) is 0 Å². The van der Waals surface area contributed by atoms with Crippen molar-refractivity contribution in [3.05, 3.63) is 132 Å². The van der Waals surface area contributed by atoms with Gasteiger partial charge >= 0.3 is 41.9 Å². The molecule has 0 spiro atoms. The SMILES string of the molecule is C[Si](C)=[Zr+2].Cc1cc2c(-c3ccccc3)cccc2[cH-]1.Cc1cc2c(-c3ccccc3)cccc2[cH-]1.[Br-].[Br-]. The second-order valence-corrected chi connectivity index (χ2v) is 18.8. The van der Waals surface area contributed by atoms with Crippen molar-refractivity contribution in [2.75, 3.05) is 0 Å². The van der Waals surface area contributed by atoms with Crippen molar-refractivity contribution in [1.29, 1.82) is 0 Å². The zero-order chi connectivity index (χ0) is 25.5. The molecule has 6 aromatic rings. The van der Waals surface area contributed by atoms with E-state index in [1.165, 1.54) is 54.9 Å². The average Bonchev–Trinajstić information content (AvgIpc) is 3.45. The van der Waals surface area contributed by atoms with E-state index in [2.05, 4.69) is 148 Å². The van der Waals surface area contributed by atoms with E-state index in [1.807, 2.05) is 0 Å². The molecule has 0 aliphatic heterocycles. The third-order valence-electron chi connectivity index (χ3n) is 5.96. The van der Waals surface area contributed by atoms with Crippen LogP contribution in [-0.4, -0.2) is 5.43 Å². The first-order chi connectivity index (χ1) is 17.4. The molecule has 0 saturated heterocycles. The van der Waals surface area contributed by atoms with E-state index in [0.717, 1.165) is 0 Å². The number of hydrogen-bond donors (Lipinski definition) is 0. The van der Waals surface area contributed by atoms with E-state index in [4.69, 9.17) is 0 Å². The summed E-state index contributed by atoms with van der Waals surface area (Å²) >= 11 is 1.74. The molecule has 0 aliphatic rings. The topological polar surface area (TPSA) is 0 Å². The van der Waals surface area contributed by atoms with Gasteiger partial charge in [0.05, 0.1) is 0 Å². The monoisotopic (exact) mass is 716 g/mol. The van der Waals surface area contributed by atoms with Gasteiger partial charge in [-0.25, -0.2) is 0 Å². The fourth-order valence-corrected chi connectivity index (χ4v) is 4.51. The van der Waals surface area contributed by atoms with Crippen molar-refractivity contribution in [2.24, 2.45) is 0 Å². The maximum Gasteiger partial charge on any atom is -0.0279 e. The molecule has 0 heterocycles. The third-order valence-corrected chi connectivity index (χ3v) is 5.96. The smallest absolute Gasteiger partial charge is 0.0279 e. The minimum atomic E-state index is 0. The standard InChI is InChI=1S/2C16H13.C2H6Si.2BrH.Zr/c2*1-12-10-14-8-5-9-15(16(14)11-12)13-6-3-2-4-7-13;1-3-2;;;/h2*2-11H,1H3;1-2H3;2*1H;/q2*-1;;;;+2/p-2. The van der Waals surface area contributed by atoms with Crippen molar-refractivity contribution in [1.82, 2.24) is 0 Å². The van der Waals surface area contributed by atoms with Gasteiger partial charge in [-0.3, -0.25) is 0 Å². The normalized spacial score (nSPS) is 9.84. The van der Waals surface area contributed by atoms with E-state index >= 15 is 0 Å². The minimum Gasteiger partial charge on any atom is -1.00 e. The first-order valence-corrected chi connectivity index (χ1v) is 18.6. The molecule has 0 radical (unpaired) electrons. The summed E-state index contributed by atoms with van der Waals surface area (Å²) in [6, 6.07) is 43.1. The maximum absolute atomic E-state index is 2.31. The van der Waals surface area contributed by atoms with Crippen LogP contribution in [0.1, 0.15) is 11.1 Å². The first kappa shape index (κ1) is 32.4. The number of aryl methyl sites for hydroxylation is 2. The largest absolute Gasteiger partial charge is 1.00 e. The average molecular weight is 720 g/mol. The van der Waals surface area contributed by atoms with Crippen LogP contribution < -0.4 is 34.0 Å². The summed E-state index contributed by atoms with van der Waals surface area (Å²) in [6.45, 7) is 8.91. The molecule has 6 aromatic carbocycles. The van der Waals surface area contributed by atoms with E-state index in [-0.39, 0.29) is 39.4 Å². The molecule has 38 heavy (non-hydrogen) atoms. The second kappa shape index (κ2) is 15.7. The van der Waals surface area contributed by atoms with Crippen LogP contribution >= 0.6 is 0 Å². The van der Waals surface area contributed by atoms with Gasteiger partial charge in [0.2, 0.25) is 0 Å². The fraction of sp³-hybridized carbons (Fsp3) is 0.118. The number of rotatable bonds is 2. The van der Waals surface area contributed by atoms with Crippen molar-refractivity contribution in [2.45, 2.75) is 26.9 Å². The molecule has 0 N–H and O–H groups in total. The Morgan fingerprint density at radius 3 is 1.21 bits per heavy atom. The number of fused-ring (bicyclic) bond motifs is 2. The van der Waals surface area contributed by atoms with Gasteiger partial charge in [0.15, 0.2) is 0 Å². The van der Waals surface area contributed by atoms with Crippen LogP contribution in [0.2, 0.25) is 13.1 Å². The zero-order valence-corrected chi connectivity index (χ0v) is 28.9. The van der Waals surface area contributed by atoms with Gasteiger partial charge in [0.1, 0.15) is 0 Å². The summed E-state index contributed by atoms with van der Waals surface area (Å²) < 4.78 is 0. The van der Waals surface area contributed by atoms with Crippen molar-refractivity contribution < 1.29 is 57.3 Å². The van der Waals surface area contributed by atoms with Gasteiger partial charge < -0.3 is 34.0 Å². The summed E-state index contributed by atoms with van der Waals surface area (Å²) in [7, 11) is 0. The number of hydrogen-bond acceptors (Lipinski definition) is 0. The zero-order valence-electron chi connectivity index (χ0n) is 22.3. The van der Waals surface area contributed by atoms with Crippen LogP contribution in [0, 0.1) is 13.8 Å². The molecule has 0 aliphatic carbocycles. The Kier molecular flexibility index (Phi) is 13.4. The Bertz CT molecular complexity index is 1460. The van der Waals surface area contributed by atoms with Gasteiger partial charge in [0, 0.05) is 0 Å². The molecule has 0 saturated carbocycles. The van der Waals surface area contributed by atoms with Crippen molar-refractivity contribution in [3.8, 4) is 22.3 Å². The number of benzene rings is 4. The maximum atomic E-state index is 2.31. The van der Waals surface area contributed by atoms with Crippen molar-refractivity contribution >= 4 is 27.0 Å².